The molecule has 3 rings (SSSR count). The fourth-order valence-corrected chi connectivity index (χ4v) is 2.18. The van der Waals surface area contributed by atoms with E-state index in [2.05, 4.69) is 15.6 Å². The molecular formula is C17H13N3O4. The molecule has 24 heavy (non-hydrogen) atoms. The summed E-state index contributed by atoms with van der Waals surface area (Å²) in [4.78, 5) is 39.4. The maximum atomic E-state index is 12.3. The zero-order valence-corrected chi connectivity index (χ0v) is 12.7. The minimum Gasteiger partial charge on any atom is -0.422 e. The van der Waals surface area contributed by atoms with E-state index >= 15 is 0 Å². The van der Waals surface area contributed by atoms with Crippen LogP contribution in [-0.2, 0) is 4.79 Å². The lowest BCUT2D eigenvalue weighted by Gasteiger charge is -2.06. The van der Waals surface area contributed by atoms with Gasteiger partial charge in [0.05, 0.1) is 0 Å². The van der Waals surface area contributed by atoms with Crippen LogP contribution in [0.25, 0.3) is 11.0 Å². The third kappa shape index (κ3) is 3.30. The SMILES string of the molecule is CC(=O)Nc1ccc2oc(=O)c(C(=O)Nc3ccccn3)cc2c1. The number of aromatic nitrogens is 1. The van der Waals surface area contributed by atoms with Crippen molar-refractivity contribution in [3.8, 4) is 0 Å². The third-order valence-electron chi connectivity index (χ3n) is 3.20. The monoisotopic (exact) mass is 323 g/mol. The van der Waals surface area contributed by atoms with Crippen LogP contribution in [0.3, 0.4) is 0 Å². The standard InChI is InChI=1S/C17H13N3O4/c1-10(21)19-12-5-6-14-11(8-12)9-13(17(23)24-14)16(22)20-15-4-2-3-7-18-15/h2-9H,1H3,(H,19,21)(H,18,20,22). The Hall–Kier alpha value is -3.48. The number of carbonyl (C=O) groups excluding carboxylic acids is 2. The quantitative estimate of drug-likeness (QED) is 0.721. The van der Waals surface area contributed by atoms with Crippen molar-refractivity contribution in [1.82, 2.24) is 4.98 Å². The number of hydrogen-bond acceptors (Lipinski definition) is 5. The number of amides is 2. The largest absolute Gasteiger partial charge is 0.422 e. The van der Waals surface area contributed by atoms with Crippen LogP contribution in [0, 0.1) is 0 Å². The van der Waals surface area contributed by atoms with Gasteiger partial charge in [0.25, 0.3) is 5.91 Å². The molecule has 0 saturated heterocycles. The van der Waals surface area contributed by atoms with Gasteiger partial charge in [-0.05, 0) is 36.4 Å². The molecule has 2 amide bonds. The van der Waals surface area contributed by atoms with E-state index in [0.29, 0.717) is 22.5 Å². The molecule has 0 fully saturated rings. The topological polar surface area (TPSA) is 101 Å². The summed E-state index contributed by atoms with van der Waals surface area (Å²) in [6, 6.07) is 11.2. The van der Waals surface area contributed by atoms with Crippen molar-refractivity contribution in [2.24, 2.45) is 0 Å². The van der Waals surface area contributed by atoms with Gasteiger partial charge >= 0.3 is 5.63 Å². The summed E-state index contributed by atoms with van der Waals surface area (Å²) in [6.45, 7) is 1.39. The second kappa shape index (κ2) is 6.33. The average molecular weight is 323 g/mol. The summed E-state index contributed by atoms with van der Waals surface area (Å²) in [6.07, 6.45) is 1.53. The molecule has 2 aromatic heterocycles. The molecule has 120 valence electrons. The number of nitrogens with zero attached hydrogens (tertiary/aromatic N) is 1. The van der Waals surface area contributed by atoms with E-state index in [1.165, 1.54) is 19.2 Å². The number of nitrogens with one attached hydrogen (secondary N) is 2. The average Bonchev–Trinajstić information content (AvgIpc) is 2.55. The molecule has 0 atom stereocenters. The van der Waals surface area contributed by atoms with Crippen LogP contribution in [0.1, 0.15) is 17.3 Å². The molecular weight excluding hydrogens is 310 g/mol. The van der Waals surface area contributed by atoms with Gasteiger partial charge in [0.15, 0.2) is 0 Å². The van der Waals surface area contributed by atoms with Gasteiger partial charge in [-0.25, -0.2) is 9.78 Å². The highest BCUT2D eigenvalue weighted by Crippen LogP contribution is 2.19. The first kappa shape index (κ1) is 15.4. The third-order valence-corrected chi connectivity index (χ3v) is 3.20. The van der Waals surface area contributed by atoms with E-state index in [0.717, 1.165) is 0 Å². The Morgan fingerprint density at radius 1 is 1.08 bits per heavy atom. The molecule has 0 bridgehead atoms. The van der Waals surface area contributed by atoms with Crippen LogP contribution in [-0.4, -0.2) is 16.8 Å². The zero-order chi connectivity index (χ0) is 17.1. The van der Waals surface area contributed by atoms with Crippen molar-refractivity contribution < 1.29 is 14.0 Å². The fourth-order valence-electron chi connectivity index (χ4n) is 2.18. The number of fused-ring (bicyclic) bond motifs is 1. The van der Waals surface area contributed by atoms with E-state index in [9.17, 15) is 14.4 Å². The number of carbonyl (C=O) groups is 2. The second-order valence-corrected chi connectivity index (χ2v) is 5.05. The van der Waals surface area contributed by atoms with E-state index in [4.69, 9.17) is 4.42 Å². The molecule has 0 spiro atoms. The number of benzene rings is 1. The van der Waals surface area contributed by atoms with Crippen molar-refractivity contribution in [2.75, 3.05) is 10.6 Å². The van der Waals surface area contributed by atoms with Gasteiger partial charge in [-0.3, -0.25) is 9.59 Å². The Balaban J connectivity index is 1.97. The maximum Gasteiger partial charge on any atom is 0.349 e. The van der Waals surface area contributed by atoms with Gasteiger partial charge in [-0.1, -0.05) is 6.07 Å². The van der Waals surface area contributed by atoms with Crippen LogP contribution < -0.4 is 16.3 Å². The van der Waals surface area contributed by atoms with Crippen molar-refractivity contribution >= 4 is 34.3 Å². The van der Waals surface area contributed by atoms with E-state index in [1.54, 1.807) is 36.4 Å². The van der Waals surface area contributed by atoms with Crippen molar-refractivity contribution in [3.05, 3.63) is 64.6 Å². The van der Waals surface area contributed by atoms with Gasteiger partial charge < -0.3 is 15.1 Å². The molecule has 0 aliphatic carbocycles. The van der Waals surface area contributed by atoms with E-state index < -0.39 is 11.5 Å². The highest BCUT2D eigenvalue weighted by atomic mass is 16.4. The molecule has 0 saturated carbocycles. The minimum absolute atomic E-state index is 0.145. The summed E-state index contributed by atoms with van der Waals surface area (Å²) in [5.41, 5.74) is -0.0280. The van der Waals surface area contributed by atoms with Crippen LogP contribution in [0.4, 0.5) is 11.5 Å². The van der Waals surface area contributed by atoms with E-state index in [1.807, 2.05) is 0 Å². The Morgan fingerprint density at radius 3 is 2.62 bits per heavy atom. The summed E-state index contributed by atoms with van der Waals surface area (Å²) >= 11 is 0. The van der Waals surface area contributed by atoms with Crippen LogP contribution in [0.15, 0.2) is 57.9 Å². The van der Waals surface area contributed by atoms with Gasteiger partial charge in [0.2, 0.25) is 5.91 Å². The van der Waals surface area contributed by atoms with E-state index in [-0.39, 0.29) is 11.5 Å². The predicted molar refractivity (Wildman–Crippen MR) is 89.0 cm³/mol. The molecule has 0 aliphatic rings. The smallest absolute Gasteiger partial charge is 0.349 e. The van der Waals surface area contributed by atoms with Gasteiger partial charge in [-0.2, -0.15) is 0 Å². The molecule has 7 nitrogen and oxygen atoms in total. The first-order chi connectivity index (χ1) is 11.5. The summed E-state index contributed by atoms with van der Waals surface area (Å²) < 4.78 is 5.16. The van der Waals surface area contributed by atoms with Crippen LogP contribution in [0.5, 0.6) is 0 Å². The fraction of sp³-hybridized carbons (Fsp3) is 0.0588. The Kier molecular flexibility index (Phi) is 4.07. The molecule has 1 aromatic carbocycles. The number of pyridine rings is 1. The predicted octanol–water partition coefficient (Wildman–Crippen LogP) is 2.40. The van der Waals surface area contributed by atoms with Crippen molar-refractivity contribution in [3.63, 3.8) is 0 Å². The first-order valence-electron chi connectivity index (χ1n) is 7.11. The van der Waals surface area contributed by atoms with Crippen molar-refractivity contribution in [2.45, 2.75) is 6.92 Å². The Bertz CT molecular complexity index is 980. The Labute approximate surface area is 136 Å². The minimum atomic E-state index is -0.747. The van der Waals surface area contributed by atoms with Gasteiger partial charge in [0.1, 0.15) is 17.0 Å². The summed E-state index contributed by atoms with van der Waals surface area (Å²) in [7, 11) is 0. The molecule has 2 N–H and O–H groups in total. The molecule has 3 aromatic rings. The number of hydrogen-bond donors (Lipinski definition) is 2. The molecule has 7 heteroatoms. The molecule has 2 heterocycles. The lowest BCUT2D eigenvalue weighted by Crippen LogP contribution is -2.21. The molecule has 0 radical (unpaired) electrons. The lowest BCUT2D eigenvalue weighted by molar-refractivity contribution is -0.114. The Morgan fingerprint density at radius 2 is 1.92 bits per heavy atom. The van der Waals surface area contributed by atoms with Gasteiger partial charge in [0, 0.05) is 24.2 Å². The normalized spacial score (nSPS) is 10.4. The number of rotatable bonds is 3. The van der Waals surface area contributed by atoms with Crippen LogP contribution >= 0.6 is 0 Å². The van der Waals surface area contributed by atoms with Gasteiger partial charge in [-0.15, -0.1) is 0 Å². The van der Waals surface area contributed by atoms with Crippen LogP contribution in [0.2, 0.25) is 0 Å². The number of anilines is 2. The molecule has 0 aliphatic heterocycles. The summed E-state index contributed by atoms with van der Waals surface area (Å²) in [5, 5.41) is 5.68. The second-order valence-electron chi connectivity index (χ2n) is 5.05. The maximum absolute atomic E-state index is 12.3. The van der Waals surface area contributed by atoms with Crippen molar-refractivity contribution in [1.29, 1.82) is 0 Å². The summed E-state index contributed by atoms with van der Waals surface area (Å²) in [5.74, 6) is -0.511. The zero-order valence-electron chi connectivity index (χ0n) is 12.7. The highest BCUT2D eigenvalue weighted by molar-refractivity contribution is 6.05. The first-order valence-corrected chi connectivity index (χ1v) is 7.11. The lowest BCUT2D eigenvalue weighted by atomic mass is 10.1. The molecule has 0 unspecified atom stereocenters. The highest BCUT2D eigenvalue weighted by Gasteiger charge is 2.14.